The third kappa shape index (κ3) is 4.51. The molecule has 0 saturated carbocycles. The van der Waals surface area contributed by atoms with Crippen molar-refractivity contribution >= 4 is 17.2 Å². The lowest BCUT2D eigenvalue weighted by atomic mass is 10.2. The van der Waals surface area contributed by atoms with Gasteiger partial charge in [-0.05, 0) is 12.1 Å². The first kappa shape index (κ1) is 15.4. The molecule has 0 saturated heterocycles. The molecule has 0 fully saturated rings. The van der Waals surface area contributed by atoms with Gasteiger partial charge in [-0.1, -0.05) is 18.2 Å². The Morgan fingerprint density at radius 3 is 2.76 bits per heavy atom. The minimum Gasteiger partial charge on any atom is -0.434 e. The molecule has 0 spiro atoms. The number of rotatable bonds is 7. The van der Waals surface area contributed by atoms with Crippen LogP contribution in [-0.4, -0.2) is 12.5 Å². The van der Waals surface area contributed by atoms with E-state index in [4.69, 9.17) is 5.73 Å². The van der Waals surface area contributed by atoms with Crippen LogP contribution in [-0.2, 0) is 13.1 Å². The number of para-hydroxylation sites is 1. The zero-order valence-corrected chi connectivity index (χ0v) is 11.8. The predicted molar refractivity (Wildman–Crippen MR) is 76.5 cm³/mol. The van der Waals surface area contributed by atoms with Gasteiger partial charge in [0, 0.05) is 28.9 Å². The average molecular weight is 312 g/mol. The second-order valence-corrected chi connectivity index (χ2v) is 5.25. The number of nitrogens with two attached hydrogens (primary N) is 1. The largest absolute Gasteiger partial charge is 0.434 e. The number of carbonyl (C=O) groups excluding carboxylic acids is 1. The third-order valence-electron chi connectivity index (χ3n) is 2.74. The van der Waals surface area contributed by atoms with E-state index < -0.39 is 12.5 Å². The first-order valence-electron chi connectivity index (χ1n) is 6.17. The molecule has 3 N–H and O–H groups in total. The fourth-order valence-corrected chi connectivity index (χ4v) is 2.63. The van der Waals surface area contributed by atoms with Gasteiger partial charge >= 0.3 is 6.61 Å². The Morgan fingerprint density at radius 2 is 2.10 bits per heavy atom. The van der Waals surface area contributed by atoms with Gasteiger partial charge < -0.3 is 15.8 Å². The standard InChI is InChI=1S/C14H14F2N2O2S/c15-14(16)20-12-4-2-1-3-9(12)6-18-7-11-5-10(8-21-11)13(17)19/h1-5,8,14,18H,6-7H2,(H2,17,19). The first-order valence-corrected chi connectivity index (χ1v) is 7.05. The molecule has 1 aromatic carbocycles. The molecule has 0 aliphatic carbocycles. The molecule has 0 bridgehead atoms. The lowest BCUT2D eigenvalue weighted by Gasteiger charge is -2.10. The van der Waals surface area contributed by atoms with Crippen LogP contribution in [0.4, 0.5) is 8.78 Å². The molecule has 7 heteroatoms. The Labute approximate surface area is 124 Å². The van der Waals surface area contributed by atoms with Crippen LogP contribution in [0, 0.1) is 0 Å². The number of ether oxygens (including phenoxy) is 1. The summed E-state index contributed by atoms with van der Waals surface area (Å²) in [5.41, 5.74) is 6.29. The van der Waals surface area contributed by atoms with Gasteiger partial charge in [0.1, 0.15) is 5.75 Å². The van der Waals surface area contributed by atoms with E-state index in [1.807, 2.05) is 0 Å². The van der Waals surface area contributed by atoms with Crippen molar-refractivity contribution in [1.82, 2.24) is 5.32 Å². The van der Waals surface area contributed by atoms with Crippen LogP contribution in [0.25, 0.3) is 0 Å². The number of halogens is 2. The molecule has 0 aliphatic rings. The maximum absolute atomic E-state index is 12.3. The van der Waals surface area contributed by atoms with Crippen molar-refractivity contribution in [1.29, 1.82) is 0 Å². The number of thiophene rings is 1. The number of amides is 1. The predicted octanol–water partition coefficient (Wildman–Crippen LogP) is 2.74. The lowest BCUT2D eigenvalue weighted by molar-refractivity contribution is -0.0505. The second-order valence-electron chi connectivity index (χ2n) is 4.26. The SMILES string of the molecule is NC(=O)c1csc(CNCc2ccccc2OC(F)F)c1. The zero-order chi connectivity index (χ0) is 15.2. The summed E-state index contributed by atoms with van der Waals surface area (Å²) in [4.78, 5) is 11.9. The normalized spacial score (nSPS) is 10.8. The first-order chi connectivity index (χ1) is 10.1. The fraction of sp³-hybridized carbons (Fsp3) is 0.214. The molecule has 0 unspecified atom stereocenters. The van der Waals surface area contributed by atoms with Crippen molar-refractivity contribution in [3.05, 3.63) is 51.7 Å². The fourth-order valence-electron chi connectivity index (χ4n) is 1.78. The van der Waals surface area contributed by atoms with Crippen LogP contribution in [0.5, 0.6) is 5.75 Å². The maximum atomic E-state index is 12.3. The Bertz CT molecular complexity index is 617. The van der Waals surface area contributed by atoms with Crippen molar-refractivity contribution in [2.75, 3.05) is 0 Å². The molecule has 0 radical (unpaired) electrons. The van der Waals surface area contributed by atoms with Gasteiger partial charge in [-0.15, -0.1) is 11.3 Å². The van der Waals surface area contributed by atoms with Gasteiger partial charge in [0.05, 0.1) is 5.56 Å². The molecule has 2 aromatic rings. The van der Waals surface area contributed by atoms with Crippen LogP contribution >= 0.6 is 11.3 Å². The summed E-state index contributed by atoms with van der Waals surface area (Å²) < 4.78 is 29.0. The molecule has 2 rings (SSSR count). The summed E-state index contributed by atoms with van der Waals surface area (Å²) in [5.74, 6) is -0.308. The topological polar surface area (TPSA) is 64.4 Å². The molecule has 4 nitrogen and oxygen atoms in total. The maximum Gasteiger partial charge on any atom is 0.387 e. The highest BCUT2D eigenvalue weighted by molar-refractivity contribution is 7.10. The van der Waals surface area contributed by atoms with E-state index in [0.717, 1.165) is 4.88 Å². The highest BCUT2D eigenvalue weighted by Gasteiger charge is 2.09. The van der Waals surface area contributed by atoms with Crippen molar-refractivity contribution in [2.45, 2.75) is 19.7 Å². The highest BCUT2D eigenvalue weighted by Crippen LogP contribution is 2.20. The van der Waals surface area contributed by atoms with E-state index in [1.54, 1.807) is 29.6 Å². The van der Waals surface area contributed by atoms with Crippen molar-refractivity contribution in [3.63, 3.8) is 0 Å². The van der Waals surface area contributed by atoms with E-state index in [-0.39, 0.29) is 5.75 Å². The van der Waals surface area contributed by atoms with Gasteiger partial charge in [0.15, 0.2) is 0 Å². The number of nitrogens with one attached hydrogen (secondary N) is 1. The van der Waals surface area contributed by atoms with E-state index in [0.29, 0.717) is 24.2 Å². The highest BCUT2D eigenvalue weighted by atomic mass is 32.1. The van der Waals surface area contributed by atoms with Gasteiger partial charge in [-0.25, -0.2) is 0 Å². The van der Waals surface area contributed by atoms with Gasteiger partial charge in [0.2, 0.25) is 5.91 Å². The molecular weight excluding hydrogens is 298 g/mol. The van der Waals surface area contributed by atoms with Gasteiger partial charge in [-0.3, -0.25) is 4.79 Å². The van der Waals surface area contributed by atoms with E-state index >= 15 is 0 Å². The molecule has 1 amide bonds. The number of benzene rings is 1. The smallest absolute Gasteiger partial charge is 0.387 e. The van der Waals surface area contributed by atoms with E-state index in [9.17, 15) is 13.6 Å². The molecule has 0 atom stereocenters. The number of carbonyl (C=O) groups is 1. The second kappa shape index (κ2) is 7.14. The molecule has 0 aliphatic heterocycles. The minimum absolute atomic E-state index is 0.156. The van der Waals surface area contributed by atoms with Crippen LogP contribution in [0.15, 0.2) is 35.7 Å². The summed E-state index contributed by atoms with van der Waals surface area (Å²) in [5, 5.41) is 4.80. The van der Waals surface area contributed by atoms with Crippen LogP contribution in [0.1, 0.15) is 20.8 Å². The number of primary amides is 1. The molecule has 1 heterocycles. The van der Waals surface area contributed by atoms with Crippen molar-refractivity contribution in [3.8, 4) is 5.75 Å². The Morgan fingerprint density at radius 1 is 1.33 bits per heavy atom. The third-order valence-corrected chi connectivity index (χ3v) is 3.68. The number of alkyl halides is 2. The minimum atomic E-state index is -2.85. The van der Waals surface area contributed by atoms with Crippen molar-refractivity contribution < 1.29 is 18.3 Å². The van der Waals surface area contributed by atoms with Crippen LogP contribution < -0.4 is 15.8 Å². The molecule has 21 heavy (non-hydrogen) atoms. The number of hydrogen-bond acceptors (Lipinski definition) is 4. The summed E-state index contributed by atoms with van der Waals surface area (Å²) in [6, 6.07) is 8.32. The quantitative estimate of drug-likeness (QED) is 0.826. The molecule has 1 aromatic heterocycles. The van der Waals surface area contributed by atoms with Crippen LogP contribution in [0.2, 0.25) is 0 Å². The summed E-state index contributed by atoms with van der Waals surface area (Å²) in [7, 11) is 0. The van der Waals surface area contributed by atoms with Crippen molar-refractivity contribution in [2.24, 2.45) is 5.73 Å². The monoisotopic (exact) mass is 312 g/mol. The van der Waals surface area contributed by atoms with Gasteiger partial charge in [-0.2, -0.15) is 8.78 Å². The summed E-state index contributed by atoms with van der Waals surface area (Å²) >= 11 is 1.41. The number of hydrogen-bond donors (Lipinski definition) is 2. The Hall–Kier alpha value is -1.99. The van der Waals surface area contributed by atoms with Crippen LogP contribution in [0.3, 0.4) is 0 Å². The Kier molecular flexibility index (Phi) is 5.24. The van der Waals surface area contributed by atoms with E-state index in [1.165, 1.54) is 17.4 Å². The van der Waals surface area contributed by atoms with Gasteiger partial charge in [0.25, 0.3) is 0 Å². The molecular formula is C14H14F2N2O2S. The lowest BCUT2D eigenvalue weighted by Crippen LogP contribution is -2.14. The Balaban J connectivity index is 1.92. The molecule has 112 valence electrons. The zero-order valence-electron chi connectivity index (χ0n) is 11.0. The summed E-state index contributed by atoms with van der Waals surface area (Å²) in [6.45, 7) is -1.95. The summed E-state index contributed by atoms with van der Waals surface area (Å²) in [6.07, 6.45) is 0. The average Bonchev–Trinajstić information content (AvgIpc) is 2.89. The van der Waals surface area contributed by atoms with E-state index in [2.05, 4.69) is 10.1 Å².